The first kappa shape index (κ1) is 22.4. The maximum absolute atomic E-state index is 13.2. The van der Waals surface area contributed by atoms with E-state index < -0.39 is 0 Å². The lowest BCUT2D eigenvalue weighted by Gasteiger charge is -2.15. The summed E-state index contributed by atoms with van der Waals surface area (Å²) in [6.07, 6.45) is 0. The Balaban J connectivity index is 1.80. The molecule has 0 fully saturated rings. The van der Waals surface area contributed by atoms with Gasteiger partial charge in [0.15, 0.2) is 11.6 Å². The zero-order valence-electron chi connectivity index (χ0n) is 19.8. The van der Waals surface area contributed by atoms with Gasteiger partial charge in [-0.25, -0.2) is 0 Å². The minimum absolute atomic E-state index is 0.00112. The smallest absolute Gasteiger partial charge is 0.193 e. The normalized spacial score (nSPS) is 10.8. The van der Waals surface area contributed by atoms with Crippen molar-refractivity contribution in [1.29, 1.82) is 0 Å². The molecule has 0 atom stereocenters. The number of benzene rings is 4. The molecule has 0 spiro atoms. The van der Waals surface area contributed by atoms with Gasteiger partial charge in [0.05, 0.1) is 0 Å². The van der Waals surface area contributed by atoms with Crippen molar-refractivity contribution < 1.29 is 9.59 Å². The van der Waals surface area contributed by atoms with Gasteiger partial charge in [0.2, 0.25) is 0 Å². The summed E-state index contributed by atoms with van der Waals surface area (Å²) in [7, 11) is 0. The highest BCUT2D eigenvalue weighted by atomic mass is 16.1. The van der Waals surface area contributed by atoms with Crippen LogP contribution in [0.2, 0.25) is 0 Å². The van der Waals surface area contributed by atoms with E-state index in [2.05, 4.69) is 6.92 Å². The second-order valence-electron chi connectivity index (χ2n) is 8.89. The van der Waals surface area contributed by atoms with Crippen LogP contribution in [0.4, 0.5) is 0 Å². The summed E-state index contributed by atoms with van der Waals surface area (Å²) in [6, 6.07) is 25.1. The molecule has 33 heavy (non-hydrogen) atoms. The summed E-state index contributed by atoms with van der Waals surface area (Å²) >= 11 is 0. The second kappa shape index (κ2) is 8.99. The van der Waals surface area contributed by atoms with Crippen molar-refractivity contribution in [3.8, 4) is 11.1 Å². The van der Waals surface area contributed by atoms with E-state index in [4.69, 9.17) is 0 Å². The number of carbonyl (C=O) groups excluding carboxylic acids is 2. The Morgan fingerprint density at radius 2 is 1.09 bits per heavy atom. The van der Waals surface area contributed by atoms with Crippen LogP contribution in [0.15, 0.2) is 78.9 Å². The van der Waals surface area contributed by atoms with Gasteiger partial charge in [0, 0.05) is 22.3 Å². The SMILES string of the molecule is Cc1ccc(C(=O)c2cc(C)c(C)c(-c3cc(C(=O)c4cccc(C)c4)ccc3C)c2)cc1. The first-order valence-electron chi connectivity index (χ1n) is 11.2. The van der Waals surface area contributed by atoms with Gasteiger partial charge in [-0.15, -0.1) is 0 Å². The molecule has 0 heterocycles. The van der Waals surface area contributed by atoms with Crippen molar-refractivity contribution in [2.24, 2.45) is 0 Å². The monoisotopic (exact) mass is 432 g/mol. The molecule has 0 unspecified atom stereocenters. The fourth-order valence-electron chi connectivity index (χ4n) is 4.15. The number of ketones is 2. The van der Waals surface area contributed by atoms with E-state index in [9.17, 15) is 9.59 Å². The van der Waals surface area contributed by atoms with Crippen LogP contribution >= 0.6 is 0 Å². The number of rotatable bonds is 5. The quantitative estimate of drug-likeness (QED) is 0.309. The standard InChI is InChI=1S/C31H28O2/c1-19-9-12-24(13-10-19)30(32)27-16-22(4)23(5)29(18-27)28-17-26(14-11-21(28)3)31(33)25-8-6-7-20(2)15-25/h6-18H,1-5H3. The number of hydrogen-bond acceptors (Lipinski definition) is 2. The second-order valence-corrected chi connectivity index (χ2v) is 8.89. The Labute approximate surface area is 195 Å². The van der Waals surface area contributed by atoms with Gasteiger partial charge in [0.1, 0.15) is 0 Å². The van der Waals surface area contributed by atoms with Crippen LogP contribution in [0.1, 0.15) is 59.7 Å². The third kappa shape index (κ3) is 4.56. The Hall–Kier alpha value is -3.78. The fraction of sp³-hybridized carbons (Fsp3) is 0.161. The molecule has 164 valence electrons. The van der Waals surface area contributed by atoms with E-state index in [1.165, 1.54) is 0 Å². The summed E-state index contributed by atoms with van der Waals surface area (Å²) in [5.41, 5.74) is 10.0. The first-order valence-corrected chi connectivity index (χ1v) is 11.2. The van der Waals surface area contributed by atoms with Crippen molar-refractivity contribution >= 4 is 11.6 Å². The third-order valence-electron chi connectivity index (χ3n) is 6.31. The van der Waals surface area contributed by atoms with E-state index in [-0.39, 0.29) is 11.6 Å². The highest BCUT2D eigenvalue weighted by molar-refractivity contribution is 6.11. The molecule has 0 aliphatic rings. The number of aryl methyl sites for hydroxylation is 4. The van der Waals surface area contributed by atoms with Crippen molar-refractivity contribution in [3.05, 3.63) is 129 Å². The molecule has 2 nitrogen and oxygen atoms in total. The number of hydrogen-bond donors (Lipinski definition) is 0. The lowest BCUT2D eigenvalue weighted by Crippen LogP contribution is -2.05. The molecule has 0 saturated carbocycles. The molecule has 0 amide bonds. The summed E-state index contributed by atoms with van der Waals surface area (Å²) in [6.45, 7) is 10.1. The van der Waals surface area contributed by atoms with E-state index in [0.717, 1.165) is 38.9 Å². The van der Waals surface area contributed by atoms with Gasteiger partial charge in [-0.3, -0.25) is 9.59 Å². The lowest BCUT2D eigenvalue weighted by molar-refractivity contribution is 0.103. The van der Waals surface area contributed by atoms with Crippen LogP contribution in [0, 0.1) is 34.6 Å². The third-order valence-corrected chi connectivity index (χ3v) is 6.31. The fourth-order valence-corrected chi connectivity index (χ4v) is 4.15. The Bertz CT molecular complexity index is 1370. The molecule has 4 rings (SSSR count). The minimum Gasteiger partial charge on any atom is -0.289 e. The van der Waals surface area contributed by atoms with E-state index in [1.54, 1.807) is 0 Å². The van der Waals surface area contributed by atoms with Crippen LogP contribution in [0.25, 0.3) is 11.1 Å². The molecular formula is C31H28O2. The predicted octanol–water partition coefficient (Wildman–Crippen LogP) is 7.36. The van der Waals surface area contributed by atoms with Gasteiger partial charge in [-0.05, 0) is 86.7 Å². The summed E-state index contributed by atoms with van der Waals surface area (Å²) < 4.78 is 0. The van der Waals surface area contributed by atoms with E-state index >= 15 is 0 Å². The average Bonchev–Trinajstić information content (AvgIpc) is 2.81. The van der Waals surface area contributed by atoms with Crippen LogP contribution in [-0.4, -0.2) is 11.6 Å². The highest BCUT2D eigenvalue weighted by Gasteiger charge is 2.17. The zero-order chi connectivity index (χ0) is 23.7. The summed E-state index contributed by atoms with van der Waals surface area (Å²) in [4.78, 5) is 26.4. The van der Waals surface area contributed by atoms with Crippen molar-refractivity contribution in [1.82, 2.24) is 0 Å². The minimum atomic E-state index is 0.00112. The molecule has 4 aromatic rings. The average molecular weight is 433 g/mol. The van der Waals surface area contributed by atoms with Gasteiger partial charge in [-0.1, -0.05) is 65.7 Å². The van der Waals surface area contributed by atoms with Gasteiger partial charge in [-0.2, -0.15) is 0 Å². The predicted molar refractivity (Wildman–Crippen MR) is 135 cm³/mol. The molecule has 2 heteroatoms. The zero-order valence-corrected chi connectivity index (χ0v) is 19.8. The highest BCUT2D eigenvalue weighted by Crippen LogP contribution is 2.32. The summed E-state index contributed by atoms with van der Waals surface area (Å²) in [5, 5.41) is 0. The lowest BCUT2D eigenvalue weighted by atomic mass is 9.88. The van der Waals surface area contributed by atoms with E-state index in [0.29, 0.717) is 22.3 Å². The summed E-state index contributed by atoms with van der Waals surface area (Å²) in [5.74, 6) is 0.00482. The Kier molecular flexibility index (Phi) is 6.11. The molecule has 4 aromatic carbocycles. The molecule has 0 aromatic heterocycles. The van der Waals surface area contributed by atoms with Crippen LogP contribution in [0.5, 0.6) is 0 Å². The van der Waals surface area contributed by atoms with Gasteiger partial charge >= 0.3 is 0 Å². The Morgan fingerprint density at radius 3 is 1.79 bits per heavy atom. The molecule has 0 saturated heterocycles. The first-order chi connectivity index (χ1) is 15.7. The van der Waals surface area contributed by atoms with Gasteiger partial charge in [0.25, 0.3) is 0 Å². The molecule has 0 aliphatic heterocycles. The molecular weight excluding hydrogens is 404 g/mol. The van der Waals surface area contributed by atoms with Crippen LogP contribution in [0.3, 0.4) is 0 Å². The maximum Gasteiger partial charge on any atom is 0.193 e. The molecule has 0 radical (unpaired) electrons. The van der Waals surface area contributed by atoms with Crippen molar-refractivity contribution in [2.75, 3.05) is 0 Å². The van der Waals surface area contributed by atoms with Gasteiger partial charge < -0.3 is 0 Å². The molecule has 0 N–H and O–H groups in total. The largest absolute Gasteiger partial charge is 0.289 e. The number of carbonyl (C=O) groups is 2. The van der Waals surface area contributed by atoms with Crippen LogP contribution < -0.4 is 0 Å². The topological polar surface area (TPSA) is 34.1 Å². The molecule has 0 aliphatic carbocycles. The van der Waals surface area contributed by atoms with Crippen molar-refractivity contribution in [2.45, 2.75) is 34.6 Å². The Morgan fingerprint density at radius 1 is 0.485 bits per heavy atom. The van der Waals surface area contributed by atoms with Crippen molar-refractivity contribution in [3.63, 3.8) is 0 Å². The maximum atomic E-state index is 13.2. The van der Waals surface area contributed by atoms with Crippen LogP contribution in [-0.2, 0) is 0 Å². The van der Waals surface area contributed by atoms with E-state index in [1.807, 2.05) is 107 Å². The molecule has 0 bridgehead atoms.